The molecule has 1 atom stereocenters. The van der Waals surface area contributed by atoms with Crippen LogP contribution < -0.4 is 10.9 Å². The van der Waals surface area contributed by atoms with Crippen LogP contribution in [0.15, 0.2) is 35.4 Å². The Morgan fingerprint density at radius 2 is 1.81 bits per heavy atom. The van der Waals surface area contributed by atoms with Gasteiger partial charge in [0, 0.05) is 31.1 Å². The average Bonchev–Trinajstić information content (AvgIpc) is 2.85. The molecule has 36 heavy (non-hydrogen) atoms. The normalized spacial score (nSPS) is 17.9. The smallest absolute Gasteiger partial charge is 0.266 e. The van der Waals surface area contributed by atoms with E-state index >= 15 is 0 Å². The topological polar surface area (TPSA) is 80.1 Å². The molecule has 1 amide bonds. The molecule has 2 aromatic heterocycles. The van der Waals surface area contributed by atoms with Gasteiger partial charge in [-0.1, -0.05) is 37.5 Å². The lowest BCUT2D eigenvalue weighted by Gasteiger charge is -2.52. The second-order valence-electron chi connectivity index (χ2n) is 10.0. The molecule has 1 saturated heterocycles. The standard InChI is InChI=1S/C26H28F3N5O2/c1-15(16-7-6-8-17(20(16)27)21(28)29)32-22-18-11-19(24(35)33(2)23(18)31-14-30-22)25(36)34-12-26(13-34)9-4-3-5-10-26/h6-8,11,14-15,21H,3-5,9-10,12-13H2,1-2H3,(H,30,31,32)/t15-/m1/s1. The summed E-state index contributed by atoms with van der Waals surface area (Å²) >= 11 is 0. The lowest BCUT2D eigenvalue weighted by molar-refractivity contribution is -0.0155. The highest BCUT2D eigenvalue weighted by Gasteiger charge is 2.45. The maximum Gasteiger partial charge on any atom is 0.266 e. The molecule has 0 unspecified atom stereocenters. The number of likely N-dealkylation sites (tertiary alicyclic amines) is 1. The summed E-state index contributed by atoms with van der Waals surface area (Å²) in [7, 11) is 1.53. The second kappa shape index (κ2) is 9.22. The average molecular weight is 500 g/mol. The fourth-order valence-electron chi connectivity index (χ4n) is 5.59. The third kappa shape index (κ3) is 4.12. The van der Waals surface area contributed by atoms with Gasteiger partial charge in [0.05, 0.1) is 17.0 Å². The van der Waals surface area contributed by atoms with E-state index < -0.39 is 29.4 Å². The van der Waals surface area contributed by atoms with Crippen LogP contribution in [0.5, 0.6) is 0 Å². The number of halogens is 3. The third-order valence-electron chi connectivity index (χ3n) is 7.60. The van der Waals surface area contributed by atoms with Crippen LogP contribution in [0, 0.1) is 11.2 Å². The van der Waals surface area contributed by atoms with E-state index in [-0.39, 0.29) is 28.3 Å². The van der Waals surface area contributed by atoms with Crippen LogP contribution in [0.1, 0.15) is 73.0 Å². The zero-order chi connectivity index (χ0) is 25.6. The molecule has 0 bridgehead atoms. The maximum atomic E-state index is 14.7. The minimum absolute atomic E-state index is 0.0204. The van der Waals surface area contributed by atoms with Gasteiger partial charge < -0.3 is 10.2 Å². The number of carbonyl (C=O) groups excluding carboxylic acids is 1. The second-order valence-corrected chi connectivity index (χ2v) is 10.0. The van der Waals surface area contributed by atoms with Crippen molar-refractivity contribution < 1.29 is 18.0 Å². The van der Waals surface area contributed by atoms with E-state index in [1.54, 1.807) is 11.8 Å². The Hall–Kier alpha value is -3.43. The SMILES string of the molecule is C[C@@H](Nc1ncnc2c1cc(C(=O)N1CC3(CCCCC3)C1)c(=O)n2C)c1cccc(C(F)F)c1F. The molecule has 1 aromatic carbocycles. The molecule has 1 aliphatic heterocycles. The van der Waals surface area contributed by atoms with E-state index in [9.17, 15) is 22.8 Å². The number of fused-ring (bicyclic) bond motifs is 1. The number of hydrogen-bond donors (Lipinski definition) is 1. The van der Waals surface area contributed by atoms with Crippen LogP contribution in [0.4, 0.5) is 19.0 Å². The number of benzene rings is 1. The minimum atomic E-state index is -2.94. The maximum absolute atomic E-state index is 14.7. The molecule has 1 spiro atoms. The van der Waals surface area contributed by atoms with E-state index in [2.05, 4.69) is 15.3 Å². The molecule has 10 heteroatoms. The molecule has 0 radical (unpaired) electrons. The monoisotopic (exact) mass is 499 g/mol. The molecule has 7 nitrogen and oxygen atoms in total. The number of nitrogens with one attached hydrogen (secondary N) is 1. The highest BCUT2D eigenvalue weighted by molar-refractivity contribution is 5.99. The van der Waals surface area contributed by atoms with Crippen LogP contribution in [0.2, 0.25) is 0 Å². The van der Waals surface area contributed by atoms with E-state index in [0.29, 0.717) is 24.1 Å². The number of carbonyl (C=O) groups is 1. The Labute approximate surface area is 206 Å². The Balaban J connectivity index is 1.47. The highest BCUT2D eigenvalue weighted by atomic mass is 19.3. The van der Waals surface area contributed by atoms with Crippen LogP contribution in [0.25, 0.3) is 11.0 Å². The quantitative estimate of drug-likeness (QED) is 0.535. The summed E-state index contributed by atoms with van der Waals surface area (Å²) in [4.78, 5) is 36.5. The predicted molar refractivity (Wildman–Crippen MR) is 130 cm³/mol. The molecular weight excluding hydrogens is 471 g/mol. The summed E-state index contributed by atoms with van der Waals surface area (Å²) in [5.41, 5.74) is -0.570. The number of rotatable bonds is 5. The van der Waals surface area contributed by atoms with Gasteiger partial charge in [0.1, 0.15) is 29.2 Å². The first-order valence-corrected chi connectivity index (χ1v) is 12.2. The van der Waals surface area contributed by atoms with Gasteiger partial charge in [0.15, 0.2) is 0 Å². The zero-order valence-electron chi connectivity index (χ0n) is 20.2. The number of pyridine rings is 1. The Kier molecular flexibility index (Phi) is 6.22. The van der Waals surface area contributed by atoms with E-state index in [0.717, 1.165) is 18.9 Å². The van der Waals surface area contributed by atoms with Crippen LogP contribution in [-0.4, -0.2) is 38.4 Å². The molecule has 2 aliphatic rings. The van der Waals surface area contributed by atoms with Crippen molar-refractivity contribution >= 4 is 22.8 Å². The van der Waals surface area contributed by atoms with Crippen molar-refractivity contribution in [1.29, 1.82) is 0 Å². The molecule has 190 valence electrons. The van der Waals surface area contributed by atoms with Crippen molar-refractivity contribution in [2.75, 3.05) is 18.4 Å². The van der Waals surface area contributed by atoms with Crippen LogP contribution in [0.3, 0.4) is 0 Å². The van der Waals surface area contributed by atoms with E-state index in [1.807, 2.05) is 0 Å². The molecule has 5 rings (SSSR count). The first kappa shape index (κ1) is 24.3. The molecule has 3 heterocycles. The van der Waals surface area contributed by atoms with Gasteiger partial charge in [-0.05, 0) is 25.8 Å². The zero-order valence-corrected chi connectivity index (χ0v) is 20.2. The Morgan fingerprint density at radius 3 is 2.50 bits per heavy atom. The third-order valence-corrected chi connectivity index (χ3v) is 7.60. The Bertz CT molecular complexity index is 1380. The van der Waals surface area contributed by atoms with E-state index in [1.165, 1.54) is 55.4 Å². The molecule has 1 saturated carbocycles. The first-order chi connectivity index (χ1) is 17.2. The number of anilines is 1. The number of aromatic nitrogens is 3. The molecule has 1 N–H and O–H groups in total. The predicted octanol–water partition coefficient (Wildman–Crippen LogP) is 4.98. The number of aryl methyl sites for hydroxylation is 1. The fourth-order valence-corrected chi connectivity index (χ4v) is 5.59. The van der Waals surface area contributed by atoms with Gasteiger partial charge in [0.25, 0.3) is 17.9 Å². The number of amides is 1. The van der Waals surface area contributed by atoms with Gasteiger partial charge in [-0.25, -0.2) is 23.1 Å². The van der Waals surface area contributed by atoms with Crippen molar-refractivity contribution in [2.24, 2.45) is 12.5 Å². The van der Waals surface area contributed by atoms with Gasteiger partial charge >= 0.3 is 0 Å². The lowest BCUT2D eigenvalue weighted by Crippen LogP contribution is -2.59. The number of hydrogen-bond acceptors (Lipinski definition) is 5. The van der Waals surface area contributed by atoms with Gasteiger partial charge in [-0.2, -0.15) is 0 Å². The summed E-state index contributed by atoms with van der Waals surface area (Å²) in [6.07, 6.45) is 4.11. The number of nitrogens with zero attached hydrogens (tertiary/aromatic N) is 4. The summed E-state index contributed by atoms with van der Waals surface area (Å²) in [6, 6.07) is 4.62. The van der Waals surface area contributed by atoms with Gasteiger partial charge in [-0.15, -0.1) is 0 Å². The summed E-state index contributed by atoms with van der Waals surface area (Å²) in [5, 5.41) is 3.46. The highest BCUT2D eigenvalue weighted by Crippen LogP contribution is 2.44. The van der Waals surface area contributed by atoms with Crippen LogP contribution in [-0.2, 0) is 7.05 Å². The first-order valence-electron chi connectivity index (χ1n) is 12.2. The van der Waals surface area contributed by atoms with Gasteiger partial charge in [0.2, 0.25) is 0 Å². The van der Waals surface area contributed by atoms with Crippen molar-refractivity contribution in [1.82, 2.24) is 19.4 Å². The van der Waals surface area contributed by atoms with Crippen LogP contribution >= 0.6 is 0 Å². The summed E-state index contributed by atoms with van der Waals surface area (Å²) < 4.78 is 42.4. The number of alkyl halides is 2. The lowest BCUT2D eigenvalue weighted by atomic mass is 9.68. The van der Waals surface area contributed by atoms with Crippen molar-refractivity contribution in [3.05, 3.63) is 63.5 Å². The Morgan fingerprint density at radius 1 is 1.11 bits per heavy atom. The molecular formula is C26H28F3N5O2. The summed E-state index contributed by atoms with van der Waals surface area (Å²) in [5.74, 6) is -1.04. The van der Waals surface area contributed by atoms with E-state index in [4.69, 9.17) is 0 Å². The van der Waals surface area contributed by atoms with Crippen molar-refractivity contribution in [2.45, 2.75) is 51.5 Å². The molecule has 2 fully saturated rings. The minimum Gasteiger partial charge on any atom is -0.363 e. The largest absolute Gasteiger partial charge is 0.363 e. The molecule has 3 aromatic rings. The molecule has 1 aliphatic carbocycles. The van der Waals surface area contributed by atoms with Crippen molar-refractivity contribution in [3.8, 4) is 0 Å². The van der Waals surface area contributed by atoms with Crippen molar-refractivity contribution in [3.63, 3.8) is 0 Å². The van der Waals surface area contributed by atoms with Gasteiger partial charge in [-0.3, -0.25) is 14.2 Å². The fraction of sp³-hybridized carbons (Fsp3) is 0.462. The summed E-state index contributed by atoms with van der Waals surface area (Å²) in [6.45, 7) is 2.93.